The maximum Gasteiger partial charge on any atom is 0.236 e. The number of likely N-dealkylation sites (N-methyl/N-ethyl adjacent to an activating group) is 1. The van der Waals surface area contributed by atoms with E-state index in [1.54, 1.807) is 17.0 Å². The summed E-state index contributed by atoms with van der Waals surface area (Å²) in [6.07, 6.45) is 0. The van der Waals surface area contributed by atoms with Crippen LogP contribution < -0.4 is 5.32 Å². The number of rotatable bonds is 4. The number of amides is 1. The van der Waals surface area contributed by atoms with Crippen molar-refractivity contribution >= 4 is 17.7 Å². The van der Waals surface area contributed by atoms with Gasteiger partial charge in [0.2, 0.25) is 5.91 Å². The zero-order chi connectivity index (χ0) is 13.1. The van der Waals surface area contributed by atoms with Crippen molar-refractivity contribution in [3.05, 3.63) is 35.6 Å². The van der Waals surface area contributed by atoms with Gasteiger partial charge in [0.15, 0.2) is 0 Å². The number of hydrogen-bond acceptors (Lipinski definition) is 3. The first kappa shape index (κ1) is 13.4. The van der Waals surface area contributed by atoms with Crippen molar-refractivity contribution in [2.24, 2.45) is 0 Å². The molecule has 1 heterocycles. The monoisotopic (exact) mass is 268 g/mol. The molecule has 0 spiro atoms. The Morgan fingerprint density at radius 1 is 1.44 bits per heavy atom. The summed E-state index contributed by atoms with van der Waals surface area (Å²) in [5.41, 5.74) is 0.594. The third kappa shape index (κ3) is 2.52. The van der Waals surface area contributed by atoms with E-state index < -0.39 is 0 Å². The molecule has 2 rings (SSSR count). The van der Waals surface area contributed by atoms with Gasteiger partial charge in [-0.05, 0) is 20.0 Å². The van der Waals surface area contributed by atoms with Gasteiger partial charge >= 0.3 is 0 Å². The van der Waals surface area contributed by atoms with Crippen LogP contribution in [0.1, 0.15) is 17.9 Å². The van der Waals surface area contributed by atoms with Crippen molar-refractivity contribution in [1.82, 2.24) is 10.2 Å². The van der Waals surface area contributed by atoms with E-state index in [1.807, 2.05) is 20.0 Å². The molecule has 18 heavy (non-hydrogen) atoms. The standard InChI is InChI=1S/C13H17FN2OS/c1-9-12(17)16(8-7-15-2)13(18-9)10-5-3-4-6-11(10)14/h3-6,9,13,15H,7-8H2,1-2H3. The third-order valence-electron chi connectivity index (χ3n) is 3.02. The van der Waals surface area contributed by atoms with Crippen LogP contribution in [0.15, 0.2) is 24.3 Å². The smallest absolute Gasteiger partial charge is 0.236 e. The molecule has 0 bridgehead atoms. The van der Waals surface area contributed by atoms with Gasteiger partial charge in [0.1, 0.15) is 11.2 Å². The van der Waals surface area contributed by atoms with Gasteiger partial charge in [0, 0.05) is 18.7 Å². The van der Waals surface area contributed by atoms with E-state index in [4.69, 9.17) is 0 Å². The van der Waals surface area contributed by atoms with Crippen LogP contribution in [0.3, 0.4) is 0 Å². The van der Waals surface area contributed by atoms with Crippen molar-refractivity contribution in [1.29, 1.82) is 0 Å². The molecule has 1 aliphatic heterocycles. The second-order valence-electron chi connectivity index (χ2n) is 4.29. The predicted octanol–water partition coefficient (Wildman–Crippen LogP) is 2.01. The number of benzene rings is 1. The van der Waals surface area contributed by atoms with E-state index in [1.165, 1.54) is 17.8 Å². The molecule has 3 nitrogen and oxygen atoms in total. The van der Waals surface area contributed by atoms with E-state index >= 15 is 0 Å². The normalized spacial score (nSPS) is 23.7. The number of carbonyl (C=O) groups is 1. The van der Waals surface area contributed by atoms with Crippen molar-refractivity contribution in [2.75, 3.05) is 20.1 Å². The molecule has 1 fully saturated rings. The Balaban J connectivity index is 2.25. The van der Waals surface area contributed by atoms with E-state index in [0.29, 0.717) is 18.7 Å². The molecule has 1 N–H and O–H groups in total. The summed E-state index contributed by atoms with van der Waals surface area (Å²) in [6, 6.07) is 6.68. The van der Waals surface area contributed by atoms with Crippen LogP contribution in [0.2, 0.25) is 0 Å². The molecule has 1 aromatic rings. The average molecular weight is 268 g/mol. The summed E-state index contributed by atoms with van der Waals surface area (Å²) < 4.78 is 13.8. The first-order valence-electron chi connectivity index (χ1n) is 6.00. The molecule has 1 aliphatic rings. The molecule has 5 heteroatoms. The van der Waals surface area contributed by atoms with Crippen molar-refractivity contribution < 1.29 is 9.18 Å². The molecule has 1 amide bonds. The number of carbonyl (C=O) groups excluding carboxylic acids is 1. The van der Waals surface area contributed by atoms with Crippen molar-refractivity contribution in [2.45, 2.75) is 17.5 Å². The van der Waals surface area contributed by atoms with Crippen molar-refractivity contribution in [3.8, 4) is 0 Å². The molecule has 2 atom stereocenters. The highest BCUT2D eigenvalue weighted by atomic mass is 32.2. The first-order chi connectivity index (χ1) is 8.65. The maximum absolute atomic E-state index is 13.8. The molecule has 0 radical (unpaired) electrons. The quantitative estimate of drug-likeness (QED) is 0.906. The highest BCUT2D eigenvalue weighted by Crippen LogP contribution is 2.43. The van der Waals surface area contributed by atoms with Crippen LogP contribution in [0.5, 0.6) is 0 Å². The first-order valence-corrected chi connectivity index (χ1v) is 6.94. The number of halogens is 1. The van der Waals surface area contributed by atoms with Gasteiger partial charge in [0.25, 0.3) is 0 Å². The number of nitrogens with zero attached hydrogens (tertiary/aromatic N) is 1. The van der Waals surface area contributed by atoms with Crippen LogP contribution in [-0.2, 0) is 4.79 Å². The minimum absolute atomic E-state index is 0.0866. The number of nitrogens with one attached hydrogen (secondary N) is 1. The van der Waals surface area contributed by atoms with Gasteiger partial charge in [-0.1, -0.05) is 18.2 Å². The molecule has 0 saturated carbocycles. The second-order valence-corrected chi connectivity index (χ2v) is 5.71. The van der Waals surface area contributed by atoms with Crippen LogP contribution in [0, 0.1) is 5.82 Å². The van der Waals surface area contributed by atoms with Crippen LogP contribution >= 0.6 is 11.8 Å². The summed E-state index contributed by atoms with van der Waals surface area (Å²) in [7, 11) is 1.84. The lowest BCUT2D eigenvalue weighted by atomic mass is 10.2. The predicted molar refractivity (Wildman–Crippen MR) is 71.8 cm³/mol. The molecule has 1 aromatic carbocycles. The summed E-state index contributed by atoms with van der Waals surface area (Å²) in [6.45, 7) is 3.19. The van der Waals surface area contributed by atoms with E-state index in [2.05, 4.69) is 5.32 Å². The average Bonchev–Trinajstić information content (AvgIpc) is 2.64. The summed E-state index contributed by atoms with van der Waals surface area (Å²) >= 11 is 1.51. The Morgan fingerprint density at radius 3 is 2.83 bits per heavy atom. The SMILES string of the molecule is CNCCN1C(=O)C(C)SC1c1ccccc1F. The topological polar surface area (TPSA) is 32.3 Å². The summed E-state index contributed by atoms with van der Waals surface area (Å²) in [4.78, 5) is 13.8. The molecule has 0 aliphatic carbocycles. The summed E-state index contributed by atoms with van der Waals surface area (Å²) in [5.74, 6) is -0.158. The van der Waals surface area contributed by atoms with E-state index in [-0.39, 0.29) is 22.3 Å². The number of hydrogen-bond donors (Lipinski definition) is 1. The fraction of sp³-hybridized carbons (Fsp3) is 0.462. The lowest BCUT2D eigenvalue weighted by Gasteiger charge is -2.24. The minimum Gasteiger partial charge on any atom is -0.324 e. The third-order valence-corrected chi connectivity index (χ3v) is 4.40. The van der Waals surface area contributed by atoms with E-state index in [9.17, 15) is 9.18 Å². The zero-order valence-electron chi connectivity index (χ0n) is 10.5. The maximum atomic E-state index is 13.8. The fourth-order valence-electron chi connectivity index (χ4n) is 2.05. The zero-order valence-corrected chi connectivity index (χ0v) is 11.3. The Hall–Kier alpha value is -1.07. The number of thioether (sulfide) groups is 1. The highest BCUT2D eigenvalue weighted by Gasteiger charge is 2.38. The molecular weight excluding hydrogens is 251 g/mol. The fourth-order valence-corrected chi connectivity index (χ4v) is 3.38. The largest absolute Gasteiger partial charge is 0.324 e. The molecule has 2 unspecified atom stereocenters. The van der Waals surface area contributed by atoms with Gasteiger partial charge in [-0.2, -0.15) is 0 Å². The second kappa shape index (κ2) is 5.71. The lowest BCUT2D eigenvalue weighted by Crippen LogP contribution is -2.35. The molecule has 98 valence electrons. The Kier molecular flexibility index (Phi) is 4.24. The van der Waals surface area contributed by atoms with Crippen LogP contribution in [0.25, 0.3) is 0 Å². The molecule has 1 saturated heterocycles. The highest BCUT2D eigenvalue weighted by molar-refractivity contribution is 8.01. The molecule has 0 aromatic heterocycles. The van der Waals surface area contributed by atoms with Crippen LogP contribution in [-0.4, -0.2) is 36.2 Å². The summed E-state index contributed by atoms with van der Waals surface area (Å²) in [5, 5.41) is 2.71. The van der Waals surface area contributed by atoms with Gasteiger partial charge < -0.3 is 10.2 Å². The minimum atomic E-state index is -0.244. The van der Waals surface area contributed by atoms with E-state index in [0.717, 1.165) is 0 Å². The van der Waals surface area contributed by atoms with Crippen LogP contribution in [0.4, 0.5) is 4.39 Å². The lowest BCUT2D eigenvalue weighted by molar-refractivity contribution is -0.129. The van der Waals surface area contributed by atoms with Gasteiger partial charge in [0.05, 0.1) is 5.25 Å². The van der Waals surface area contributed by atoms with Gasteiger partial charge in [-0.3, -0.25) is 4.79 Å². The Labute approximate surface area is 111 Å². The molecular formula is C13H17FN2OS. The Bertz CT molecular complexity index is 441. The van der Waals surface area contributed by atoms with Crippen molar-refractivity contribution in [3.63, 3.8) is 0 Å². The Morgan fingerprint density at radius 2 is 2.17 bits per heavy atom. The van der Waals surface area contributed by atoms with Gasteiger partial charge in [-0.15, -0.1) is 11.8 Å². The van der Waals surface area contributed by atoms with Gasteiger partial charge in [-0.25, -0.2) is 4.39 Å².